The minimum absolute atomic E-state index is 0.349. The number of H-pyrrole nitrogens is 1. The van der Waals surface area contributed by atoms with Gasteiger partial charge >= 0.3 is 6.26 Å². The molecule has 0 saturated carbocycles. The van der Waals surface area contributed by atoms with Crippen LogP contribution in [0.1, 0.15) is 0 Å². The maximum atomic E-state index is 6.80. The Morgan fingerprint density at radius 1 is 0.735 bits per heavy atom. The zero-order chi connectivity index (χ0) is 23.0. The van der Waals surface area contributed by atoms with Crippen LogP contribution in [0.2, 0.25) is 6.82 Å². The highest BCUT2D eigenvalue weighted by atomic mass is 35.5. The summed E-state index contributed by atoms with van der Waals surface area (Å²) in [4.78, 5) is 13.9. The van der Waals surface area contributed by atoms with E-state index in [1.807, 2.05) is 48.7 Å². The normalized spacial score (nSPS) is 12.7. The third kappa shape index (κ3) is 2.58. The average molecular weight is 463 g/mol. The molecular weight excluding hydrogens is 443 g/mol. The van der Waals surface area contributed by atoms with Gasteiger partial charge in [0.2, 0.25) is 0 Å². The van der Waals surface area contributed by atoms with Crippen LogP contribution in [0.5, 0.6) is 0 Å². The molecule has 1 aliphatic heterocycles. The second-order valence-corrected chi connectivity index (χ2v) is 9.29. The lowest BCUT2D eigenvalue weighted by Gasteiger charge is -2.09. The Balaban J connectivity index is 1.79. The number of benzene rings is 3. The van der Waals surface area contributed by atoms with E-state index in [-0.39, 0.29) is 6.26 Å². The smallest absolute Gasteiger partial charge is 0.339 e. The minimum atomic E-state index is -0.349. The first kappa shape index (κ1) is 19.5. The van der Waals surface area contributed by atoms with Crippen LogP contribution >= 0.6 is 11.5 Å². The second kappa shape index (κ2) is 7.02. The number of hydrogen-bond donors (Lipinski definition) is 2. The number of hydrogen-bond acceptors (Lipinski definition) is 3. The first-order chi connectivity index (χ1) is 16.6. The molecule has 0 amide bonds. The molecule has 8 heteroatoms. The van der Waals surface area contributed by atoms with Crippen molar-refractivity contribution in [1.82, 2.24) is 14.0 Å². The predicted octanol–water partition coefficient (Wildman–Crippen LogP) is 5.78. The summed E-state index contributed by atoms with van der Waals surface area (Å²) in [6.45, 7) is 1.96. The summed E-state index contributed by atoms with van der Waals surface area (Å²) in [5.74, 6) is 3.51. The van der Waals surface area contributed by atoms with E-state index in [9.17, 15) is 0 Å². The standard InChI is InChI=1S/C26H20BClN6/c1-27(28)34-25-19-13-7-8-14-20(19)26(34)32-24-18-12-6-5-11-17(18)23(33(24)2)30-21-15-9-3-4-10-16(15)22(29-21)31-25/h3-14,29-30H,1-2H3. The molecule has 3 aromatic heterocycles. The molecule has 7 rings (SSSR count). The van der Waals surface area contributed by atoms with Crippen LogP contribution in [0, 0.1) is 0 Å². The SMILES string of the molecule is CB(Cl)n1c2c3ccccc3c1=Nc1c3ccccc3c(n1C)Nc1[nH]c(c3ccccc13)N=2. The fraction of sp³-hybridized carbons (Fsp3) is 0.0769. The van der Waals surface area contributed by atoms with Gasteiger partial charge < -0.3 is 19.3 Å². The predicted molar refractivity (Wildman–Crippen MR) is 141 cm³/mol. The van der Waals surface area contributed by atoms with Crippen molar-refractivity contribution in [3.63, 3.8) is 0 Å². The molecule has 164 valence electrons. The molecule has 4 heterocycles. The van der Waals surface area contributed by atoms with E-state index in [1.54, 1.807) is 0 Å². The summed E-state index contributed by atoms with van der Waals surface area (Å²) in [7, 11) is 2.05. The lowest BCUT2D eigenvalue weighted by Crippen LogP contribution is -2.35. The number of halogens is 1. The number of rotatable bonds is 1. The molecule has 0 atom stereocenters. The summed E-state index contributed by atoms with van der Waals surface area (Å²) in [6.07, 6.45) is -0.349. The number of nitrogens with zero attached hydrogens (tertiary/aromatic N) is 4. The zero-order valence-corrected chi connectivity index (χ0v) is 19.4. The number of anilines is 2. The van der Waals surface area contributed by atoms with E-state index in [0.29, 0.717) is 0 Å². The van der Waals surface area contributed by atoms with Gasteiger partial charge in [0, 0.05) is 39.4 Å². The van der Waals surface area contributed by atoms with E-state index in [2.05, 4.69) is 57.3 Å². The molecule has 0 radical (unpaired) electrons. The van der Waals surface area contributed by atoms with Crippen LogP contribution in [-0.2, 0) is 7.05 Å². The van der Waals surface area contributed by atoms with Gasteiger partial charge in [0.05, 0.1) is 0 Å². The van der Waals surface area contributed by atoms with Crippen molar-refractivity contribution in [2.75, 3.05) is 5.32 Å². The highest BCUT2D eigenvalue weighted by molar-refractivity contribution is 7.05. The lowest BCUT2D eigenvalue weighted by atomic mass is 9.97. The Morgan fingerprint density at radius 2 is 1.29 bits per heavy atom. The van der Waals surface area contributed by atoms with E-state index in [0.717, 1.165) is 66.6 Å². The summed E-state index contributed by atoms with van der Waals surface area (Å²) in [6, 6.07) is 24.9. The van der Waals surface area contributed by atoms with E-state index in [4.69, 9.17) is 21.4 Å². The third-order valence-corrected chi connectivity index (χ3v) is 6.86. The highest BCUT2D eigenvalue weighted by Crippen LogP contribution is 2.39. The molecule has 0 unspecified atom stereocenters. The fourth-order valence-corrected chi connectivity index (χ4v) is 5.29. The lowest BCUT2D eigenvalue weighted by molar-refractivity contribution is 0.915. The van der Waals surface area contributed by atoms with Crippen molar-refractivity contribution < 1.29 is 0 Å². The Labute approximate surface area is 200 Å². The van der Waals surface area contributed by atoms with Gasteiger partial charge in [-0.15, -0.1) is 0 Å². The van der Waals surface area contributed by atoms with Crippen LogP contribution in [0.25, 0.3) is 32.3 Å². The number of nitrogens with one attached hydrogen (secondary N) is 2. The van der Waals surface area contributed by atoms with E-state index >= 15 is 0 Å². The molecule has 0 spiro atoms. The van der Waals surface area contributed by atoms with Crippen molar-refractivity contribution in [3.8, 4) is 0 Å². The van der Waals surface area contributed by atoms with Crippen molar-refractivity contribution in [2.24, 2.45) is 17.0 Å². The second-order valence-electron chi connectivity index (χ2n) is 8.66. The Hall–Kier alpha value is -3.97. The maximum absolute atomic E-state index is 6.80. The van der Waals surface area contributed by atoms with Gasteiger partial charge in [-0.3, -0.25) is 0 Å². The molecule has 6 bridgehead atoms. The Morgan fingerprint density at radius 3 is 1.97 bits per heavy atom. The van der Waals surface area contributed by atoms with Gasteiger partial charge in [0.15, 0.2) is 0 Å². The molecule has 0 aliphatic carbocycles. The van der Waals surface area contributed by atoms with Crippen LogP contribution in [-0.4, -0.2) is 20.3 Å². The molecule has 3 aromatic carbocycles. The Bertz CT molecular complexity index is 1890. The van der Waals surface area contributed by atoms with Gasteiger partial charge in [0.25, 0.3) is 0 Å². The van der Waals surface area contributed by atoms with E-state index in [1.165, 1.54) is 0 Å². The topological polar surface area (TPSA) is 62.4 Å². The monoisotopic (exact) mass is 462 g/mol. The summed E-state index contributed by atoms with van der Waals surface area (Å²) >= 11 is 6.80. The number of aromatic nitrogens is 3. The maximum Gasteiger partial charge on any atom is 0.364 e. The summed E-state index contributed by atoms with van der Waals surface area (Å²) < 4.78 is 4.14. The van der Waals surface area contributed by atoms with E-state index < -0.39 is 0 Å². The number of fused-ring (bicyclic) bond motifs is 15. The van der Waals surface area contributed by atoms with Crippen LogP contribution in [0.3, 0.4) is 0 Å². The molecule has 34 heavy (non-hydrogen) atoms. The summed E-state index contributed by atoms with van der Waals surface area (Å²) in [5.41, 5.74) is 1.58. The van der Waals surface area contributed by atoms with Crippen LogP contribution < -0.4 is 16.3 Å². The third-order valence-electron chi connectivity index (χ3n) is 6.67. The Kier molecular flexibility index (Phi) is 4.02. The molecule has 6 nitrogen and oxygen atoms in total. The number of aromatic amines is 1. The van der Waals surface area contributed by atoms with Crippen LogP contribution in [0.4, 0.5) is 23.3 Å². The van der Waals surface area contributed by atoms with Crippen LogP contribution in [0.15, 0.2) is 82.8 Å². The minimum Gasteiger partial charge on any atom is -0.339 e. The first-order valence-electron chi connectivity index (χ1n) is 11.3. The van der Waals surface area contributed by atoms with Crippen molar-refractivity contribution in [1.29, 1.82) is 0 Å². The van der Waals surface area contributed by atoms with Gasteiger partial charge in [0.1, 0.15) is 34.2 Å². The molecule has 0 fully saturated rings. The molecule has 6 aromatic rings. The van der Waals surface area contributed by atoms with Gasteiger partial charge in [-0.05, 0) is 6.82 Å². The van der Waals surface area contributed by atoms with Crippen molar-refractivity contribution in [3.05, 3.63) is 83.8 Å². The average Bonchev–Trinajstić information content (AvgIpc) is 3.45. The molecule has 1 aliphatic rings. The molecule has 0 saturated heterocycles. The van der Waals surface area contributed by atoms with Crippen molar-refractivity contribution >= 4 is 73.3 Å². The molecule has 2 N–H and O–H groups in total. The quantitative estimate of drug-likeness (QED) is 0.299. The first-order valence-corrected chi connectivity index (χ1v) is 11.7. The van der Waals surface area contributed by atoms with Gasteiger partial charge in [-0.2, -0.15) is 11.5 Å². The largest absolute Gasteiger partial charge is 0.364 e. The van der Waals surface area contributed by atoms with Gasteiger partial charge in [-0.1, -0.05) is 72.8 Å². The highest BCUT2D eigenvalue weighted by Gasteiger charge is 2.21. The van der Waals surface area contributed by atoms with Crippen molar-refractivity contribution in [2.45, 2.75) is 6.82 Å². The molecular formula is C26H20BClN6. The zero-order valence-electron chi connectivity index (χ0n) is 18.7. The summed E-state index contributed by atoms with van der Waals surface area (Å²) in [5, 5.41) is 9.97. The fourth-order valence-electron chi connectivity index (χ4n) is 5.11. The van der Waals surface area contributed by atoms with Gasteiger partial charge in [-0.25, -0.2) is 9.98 Å².